The largest absolute Gasteiger partial charge is 0.478 e. The molecule has 5 heteroatoms. The van der Waals surface area contributed by atoms with Crippen molar-refractivity contribution in [3.8, 4) is 0 Å². The molecule has 1 saturated heterocycles. The van der Waals surface area contributed by atoms with E-state index in [2.05, 4.69) is 0 Å². The highest BCUT2D eigenvalue weighted by Gasteiger charge is 2.30. The van der Waals surface area contributed by atoms with Gasteiger partial charge in [-0.15, -0.1) is 0 Å². The van der Waals surface area contributed by atoms with Crippen LogP contribution in [0.5, 0.6) is 0 Å². The number of carbonyl (C=O) groups excluding carboxylic acids is 1. The smallest absolute Gasteiger partial charge is 0.337 e. The lowest BCUT2D eigenvalue weighted by Gasteiger charge is -2.34. The van der Waals surface area contributed by atoms with E-state index in [1.54, 1.807) is 12.1 Å². The molecule has 0 aliphatic carbocycles. The number of hydrogen-bond acceptors (Lipinski definition) is 4. The second-order valence-corrected chi connectivity index (χ2v) is 6.62. The minimum Gasteiger partial charge on any atom is -0.478 e. The Morgan fingerprint density at radius 2 is 1.77 bits per heavy atom. The predicted molar refractivity (Wildman–Crippen MR) is 84.2 cm³/mol. The van der Waals surface area contributed by atoms with Gasteiger partial charge in [-0.2, -0.15) is 0 Å². The lowest BCUT2D eigenvalue weighted by atomic mass is 9.95. The van der Waals surface area contributed by atoms with Crippen LogP contribution in [0.25, 0.3) is 0 Å². The Hall–Kier alpha value is -2.04. The molecule has 1 aromatic rings. The maximum atomic E-state index is 12.1. The summed E-state index contributed by atoms with van der Waals surface area (Å²) < 4.78 is 5.43. The number of carboxylic acids is 1. The summed E-state index contributed by atoms with van der Waals surface area (Å²) in [7, 11) is 0. The minimum absolute atomic E-state index is 0.104. The van der Waals surface area contributed by atoms with Crippen LogP contribution in [0.2, 0.25) is 0 Å². The fourth-order valence-electron chi connectivity index (χ4n) is 2.67. The molecule has 0 aromatic heterocycles. The first kappa shape index (κ1) is 16.3. The van der Waals surface area contributed by atoms with Crippen molar-refractivity contribution in [1.29, 1.82) is 0 Å². The summed E-state index contributed by atoms with van der Waals surface area (Å²) in [5.74, 6) is -1.18. The van der Waals surface area contributed by atoms with Crippen molar-refractivity contribution < 1.29 is 19.4 Å². The summed E-state index contributed by atoms with van der Waals surface area (Å²) in [5, 5.41) is 9.26. The number of rotatable bonds is 3. The third kappa shape index (κ3) is 4.00. The summed E-state index contributed by atoms with van der Waals surface area (Å²) >= 11 is 0. The molecule has 2 rings (SSSR count). The number of carbonyl (C=O) groups is 2. The molecular weight excluding hydrogens is 282 g/mol. The van der Waals surface area contributed by atoms with Crippen molar-refractivity contribution in [3.63, 3.8) is 0 Å². The molecule has 120 valence electrons. The van der Waals surface area contributed by atoms with E-state index in [0.717, 1.165) is 5.69 Å². The average molecular weight is 305 g/mol. The van der Waals surface area contributed by atoms with E-state index in [1.165, 1.54) is 0 Å². The summed E-state index contributed by atoms with van der Waals surface area (Å²) in [5.41, 5.74) is 0.556. The van der Waals surface area contributed by atoms with Gasteiger partial charge in [0.1, 0.15) is 5.60 Å². The normalized spacial score (nSPS) is 16.4. The number of hydrogen-bond donors (Lipinski definition) is 1. The number of nitrogens with zero attached hydrogens (tertiary/aromatic N) is 1. The molecule has 22 heavy (non-hydrogen) atoms. The molecule has 1 N–H and O–H groups in total. The van der Waals surface area contributed by atoms with Gasteiger partial charge in [0.25, 0.3) is 0 Å². The Labute approximate surface area is 130 Å². The van der Waals surface area contributed by atoms with Crippen LogP contribution in [-0.4, -0.2) is 35.7 Å². The van der Waals surface area contributed by atoms with E-state index in [9.17, 15) is 14.7 Å². The van der Waals surface area contributed by atoms with E-state index in [1.807, 2.05) is 37.8 Å². The maximum absolute atomic E-state index is 12.1. The first-order valence-corrected chi connectivity index (χ1v) is 7.58. The predicted octanol–water partition coefficient (Wildman–Crippen LogP) is 2.94. The number of ether oxygens (including phenoxy) is 1. The Bertz CT molecular complexity index is 554. The lowest BCUT2D eigenvalue weighted by Crippen LogP contribution is -2.39. The zero-order valence-electron chi connectivity index (χ0n) is 13.3. The Morgan fingerprint density at radius 1 is 1.18 bits per heavy atom. The summed E-state index contributed by atoms with van der Waals surface area (Å²) in [6.07, 6.45) is 1.37. The molecular formula is C17H23NO4. The third-order valence-electron chi connectivity index (χ3n) is 3.71. The molecule has 0 atom stereocenters. The Morgan fingerprint density at radius 3 is 2.32 bits per heavy atom. The van der Waals surface area contributed by atoms with Gasteiger partial charge in [0, 0.05) is 13.1 Å². The maximum Gasteiger partial charge on any atom is 0.337 e. The second kappa shape index (κ2) is 6.38. The molecule has 0 bridgehead atoms. The van der Waals surface area contributed by atoms with Gasteiger partial charge in [0.05, 0.1) is 17.2 Å². The second-order valence-electron chi connectivity index (χ2n) is 6.62. The Balaban J connectivity index is 2.01. The van der Waals surface area contributed by atoms with Crippen LogP contribution in [0.15, 0.2) is 24.3 Å². The molecule has 0 spiro atoms. The lowest BCUT2D eigenvalue weighted by molar-refractivity contribution is -0.160. The van der Waals surface area contributed by atoms with Crippen LogP contribution in [0.4, 0.5) is 5.69 Å². The van der Waals surface area contributed by atoms with Crippen LogP contribution in [-0.2, 0) is 9.53 Å². The molecule has 0 saturated carbocycles. The van der Waals surface area contributed by atoms with Gasteiger partial charge in [-0.25, -0.2) is 4.79 Å². The summed E-state index contributed by atoms with van der Waals surface area (Å²) in [6, 6.07) is 6.98. The molecule has 0 amide bonds. The molecule has 1 fully saturated rings. The van der Waals surface area contributed by atoms with Crippen LogP contribution >= 0.6 is 0 Å². The molecule has 0 unspecified atom stereocenters. The van der Waals surface area contributed by atoms with E-state index in [4.69, 9.17) is 4.74 Å². The van der Waals surface area contributed by atoms with Gasteiger partial charge >= 0.3 is 11.9 Å². The minimum atomic E-state index is -0.926. The fourth-order valence-corrected chi connectivity index (χ4v) is 2.67. The van der Waals surface area contributed by atoms with E-state index in [-0.39, 0.29) is 11.9 Å². The van der Waals surface area contributed by atoms with Gasteiger partial charge in [-0.05, 0) is 45.7 Å². The zero-order chi connectivity index (χ0) is 16.3. The number of piperidine rings is 1. The highest BCUT2D eigenvalue weighted by atomic mass is 16.6. The number of anilines is 1. The number of esters is 1. The first-order chi connectivity index (χ1) is 10.3. The number of benzene rings is 1. The van der Waals surface area contributed by atoms with Gasteiger partial charge in [0.2, 0.25) is 0 Å². The van der Waals surface area contributed by atoms with Crippen LogP contribution < -0.4 is 4.90 Å². The van der Waals surface area contributed by atoms with Crippen molar-refractivity contribution in [3.05, 3.63) is 29.8 Å². The van der Waals surface area contributed by atoms with Crippen molar-refractivity contribution in [2.75, 3.05) is 18.0 Å². The SMILES string of the molecule is CC(C)(C)OC(=O)C1CCN(c2ccccc2C(=O)O)CC1. The Kier molecular flexibility index (Phi) is 4.74. The standard InChI is InChI=1S/C17H23NO4/c1-17(2,3)22-16(21)12-8-10-18(11-9-12)14-7-5-4-6-13(14)15(19)20/h4-7,12H,8-11H2,1-3H3,(H,19,20). The quantitative estimate of drug-likeness (QED) is 0.870. The van der Waals surface area contributed by atoms with Gasteiger partial charge in [-0.1, -0.05) is 12.1 Å². The summed E-state index contributed by atoms with van der Waals surface area (Å²) in [6.45, 7) is 6.91. The third-order valence-corrected chi connectivity index (χ3v) is 3.71. The zero-order valence-corrected chi connectivity index (χ0v) is 13.3. The topological polar surface area (TPSA) is 66.8 Å². The molecule has 1 aromatic carbocycles. The fraction of sp³-hybridized carbons (Fsp3) is 0.529. The highest BCUT2D eigenvalue weighted by molar-refractivity contribution is 5.94. The van der Waals surface area contributed by atoms with E-state index in [0.29, 0.717) is 31.5 Å². The van der Waals surface area contributed by atoms with Crippen molar-refractivity contribution >= 4 is 17.6 Å². The van der Waals surface area contributed by atoms with Gasteiger partial charge < -0.3 is 14.7 Å². The monoisotopic (exact) mass is 305 g/mol. The van der Waals surface area contributed by atoms with Crippen molar-refractivity contribution in [2.45, 2.75) is 39.2 Å². The van der Waals surface area contributed by atoms with Crippen LogP contribution in [0, 0.1) is 5.92 Å². The molecule has 1 heterocycles. The van der Waals surface area contributed by atoms with E-state index >= 15 is 0 Å². The van der Waals surface area contributed by atoms with Crippen LogP contribution in [0.3, 0.4) is 0 Å². The number of aromatic carboxylic acids is 1. The first-order valence-electron chi connectivity index (χ1n) is 7.58. The van der Waals surface area contributed by atoms with Crippen LogP contribution in [0.1, 0.15) is 44.0 Å². The number of para-hydroxylation sites is 1. The molecule has 5 nitrogen and oxygen atoms in total. The van der Waals surface area contributed by atoms with Gasteiger partial charge in [-0.3, -0.25) is 4.79 Å². The number of carboxylic acid groups (broad SMARTS) is 1. The summed E-state index contributed by atoms with van der Waals surface area (Å²) in [4.78, 5) is 25.4. The average Bonchev–Trinajstić information content (AvgIpc) is 2.45. The molecule has 1 aliphatic rings. The van der Waals surface area contributed by atoms with Crippen molar-refractivity contribution in [1.82, 2.24) is 0 Å². The highest BCUT2D eigenvalue weighted by Crippen LogP contribution is 2.27. The van der Waals surface area contributed by atoms with E-state index < -0.39 is 11.6 Å². The molecule has 0 radical (unpaired) electrons. The molecule has 1 aliphatic heterocycles. The van der Waals surface area contributed by atoms with Crippen molar-refractivity contribution in [2.24, 2.45) is 5.92 Å². The van der Waals surface area contributed by atoms with Gasteiger partial charge in [0.15, 0.2) is 0 Å².